The topological polar surface area (TPSA) is 110 Å². The molecule has 2 aromatic heterocycles. The summed E-state index contributed by atoms with van der Waals surface area (Å²) in [6, 6.07) is 4.42. The number of aryl methyl sites for hydroxylation is 1. The Hall–Kier alpha value is -2.90. The lowest BCUT2D eigenvalue weighted by Crippen LogP contribution is -2.50. The maximum atomic E-state index is 14.6. The lowest BCUT2D eigenvalue weighted by Gasteiger charge is -2.31. The van der Waals surface area contributed by atoms with E-state index < -0.39 is 17.4 Å². The van der Waals surface area contributed by atoms with Crippen LogP contribution in [0.15, 0.2) is 24.4 Å². The van der Waals surface area contributed by atoms with E-state index in [1.165, 1.54) is 12.3 Å². The number of nitrogens with zero attached hydrogens (tertiary/aromatic N) is 2. The van der Waals surface area contributed by atoms with Crippen LogP contribution in [0.5, 0.6) is 5.75 Å². The number of pyridine rings is 2. The first-order valence-electron chi connectivity index (χ1n) is 8.62. The van der Waals surface area contributed by atoms with Crippen molar-refractivity contribution in [3.05, 3.63) is 35.9 Å². The fraction of sp³-hybridized carbons (Fsp3) is 0.421. The minimum Gasteiger partial charge on any atom is -0.489 e. The summed E-state index contributed by atoms with van der Waals surface area (Å²) in [5.41, 5.74) is 6.01. The number of aromatic nitrogens is 2. The molecule has 2 rings (SSSR count). The molecular formula is C19H25FN4O3. The van der Waals surface area contributed by atoms with Crippen molar-refractivity contribution in [3.8, 4) is 17.0 Å². The van der Waals surface area contributed by atoms with Crippen LogP contribution in [0.4, 0.5) is 15.0 Å². The minimum absolute atomic E-state index is 0.0565. The number of halogens is 1. The number of carbonyl (C=O) groups is 1. The Bertz CT molecular complexity index is 829. The number of nitrogen functional groups attached to an aromatic ring is 1. The molecule has 1 amide bonds. The van der Waals surface area contributed by atoms with E-state index in [-0.39, 0.29) is 29.8 Å². The summed E-state index contributed by atoms with van der Waals surface area (Å²) in [5, 5.41) is 11.6. The molecule has 146 valence electrons. The van der Waals surface area contributed by atoms with Gasteiger partial charge in [0.05, 0.1) is 11.2 Å². The van der Waals surface area contributed by atoms with E-state index in [4.69, 9.17) is 15.6 Å². The van der Waals surface area contributed by atoms with Crippen LogP contribution in [0.25, 0.3) is 11.3 Å². The van der Waals surface area contributed by atoms with Crippen LogP contribution in [-0.4, -0.2) is 33.3 Å². The zero-order valence-corrected chi connectivity index (χ0v) is 15.9. The largest absolute Gasteiger partial charge is 0.489 e. The number of rotatable bonds is 7. The third-order valence-electron chi connectivity index (χ3n) is 3.99. The Morgan fingerprint density at radius 2 is 2.15 bits per heavy atom. The Kier molecular flexibility index (Phi) is 6.20. The molecule has 0 aliphatic carbocycles. The van der Waals surface area contributed by atoms with E-state index in [0.717, 1.165) is 0 Å². The van der Waals surface area contributed by atoms with E-state index in [1.54, 1.807) is 26.0 Å². The average molecular weight is 376 g/mol. The smallest absolute Gasteiger partial charge is 0.405 e. The van der Waals surface area contributed by atoms with Gasteiger partial charge in [-0.1, -0.05) is 13.8 Å². The lowest BCUT2D eigenvalue weighted by molar-refractivity contribution is 0.142. The van der Waals surface area contributed by atoms with Gasteiger partial charge < -0.3 is 20.9 Å². The zero-order valence-electron chi connectivity index (χ0n) is 15.9. The number of hydrogen-bond donors (Lipinski definition) is 3. The predicted molar refractivity (Wildman–Crippen MR) is 101 cm³/mol. The molecule has 2 heterocycles. The number of nitrogens with one attached hydrogen (secondary N) is 1. The molecule has 2 aromatic rings. The molecule has 7 nitrogen and oxygen atoms in total. The molecule has 0 aromatic carbocycles. The molecule has 0 bridgehead atoms. The van der Waals surface area contributed by atoms with Crippen LogP contribution in [0.3, 0.4) is 0 Å². The molecule has 0 saturated carbocycles. The zero-order chi connectivity index (χ0) is 20.2. The van der Waals surface area contributed by atoms with E-state index in [2.05, 4.69) is 15.3 Å². The lowest BCUT2D eigenvalue weighted by atomic mass is 9.91. The summed E-state index contributed by atoms with van der Waals surface area (Å²) >= 11 is 0. The summed E-state index contributed by atoms with van der Waals surface area (Å²) in [4.78, 5) is 19.3. The van der Waals surface area contributed by atoms with Crippen molar-refractivity contribution >= 4 is 11.9 Å². The minimum atomic E-state index is -1.13. The molecule has 8 heteroatoms. The van der Waals surface area contributed by atoms with Gasteiger partial charge in [-0.15, -0.1) is 0 Å². The molecule has 27 heavy (non-hydrogen) atoms. The first-order valence-corrected chi connectivity index (χ1v) is 8.62. The third-order valence-corrected chi connectivity index (χ3v) is 3.99. The van der Waals surface area contributed by atoms with Gasteiger partial charge in [-0.05, 0) is 38.3 Å². The summed E-state index contributed by atoms with van der Waals surface area (Å²) in [5.74, 6) is 0.232. The van der Waals surface area contributed by atoms with Gasteiger partial charge in [-0.3, -0.25) is 0 Å². The van der Waals surface area contributed by atoms with Gasteiger partial charge in [0.15, 0.2) is 5.82 Å². The fourth-order valence-electron chi connectivity index (χ4n) is 3.05. The fourth-order valence-corrected chi connectivity index (χ4v) is 3.05. The van der Waals surface area contributed by atoms with Gasteiger partial charge >= 0.3 is 6.09 Å². The molecule has 0 aliphatic rings. The molecule has 0 fully saturated rings. The van der Waals surface area contributed by atoms with Gasteiger partial charge in [-0.2, -0.15) is 0 Å². The highest BCUT2D eigenvalue weighted by Gasteiger charge is 2.29. The van der Waals surface area contributed by atoms with Crippen molar-refractivity contribution in [2.24, 2.45) is 5.92 Å². The number of anilines is 1. The van der Waals surface area contributed by atoms with Crippen LogP contribution >= 0.6 is 0 Å². The second-order valence-electron chi connectivity index (χ2n) is 7.25. The Morgan fingerprint density at radius 1 is 1.44 bits per heavy atom. The molecule has 4 N–H and O–H groups in total. The first kappa shape index (κ1) is 20.4. The summed E-state index contributed by atoms with van der Waals surface area (Å²) in [6.07, 6.45) is 0.928. The Labute approximate surface area is 157 Å². The van der Waals surface area contributed by atoms with E-state index in [1.807, 2.05) is 13.8 Å². The second-order valence-corrected chi connectivity index (χ2v) is 7.25. The number of amides is 1. The summed E-state index contributed by atoms with van der Waals surface area (Å²) in [6.45, 7) is 7.50. The molecule has 1 unspecified atom stereocenters. The number of carboxylic acid groups (broad SMARTS) is 1. The van der Waals surface area contributed by atoms with Gasteiger partial charge in [0.1, 0.15) is 23.9 Å². The van der Waals surface area contributed by atoms with Crippen LogP contribution in [0, 0.1) is 18.7 Å². The second kappa shape index (κ2) is 8.20. The van der Waals surface area contributed by atoms with Gasteiger partial charge in [0, 0.05) is 17.8 Å². The highest BCUT2D eigenvalue weighted by Crippen LogP contribution is 2.28. The standard InChI is InChI=1S/C19H25FN4O3/c1-11(2)9-19(4,24-18(25)26)10-27-15-8-14(20)17(23-12(15)3)13-5-6-22-16(21)7-13/h5-8,11,24H,9-10H2,1-4H3,(H2,21,22)(H,25,26). The average Bonchev–Trinajstić information content (AvgIpc) is 2.53. The molecule has 0 aliphatic heterocycles. The van der Waals surface area contributed by atoms with Crippen LogP contribution in [0.2, 0.25) is 0 Å². The van der Waals surface area contributed by atoms with Crippen molar-refractivity contribution in [2.75, 3.05) is 12.3 Å². The number of nitrogens with two attached hydrogens (primary N) is 1. The van der Waals surface area contributed by atoms with Gasteiger partial charge in [0.2, 0.25) is 0 Å². The number of hydrogen-bond acceptors (Lipinski definition) is 5. The van der Waals surface area contributed by atoms with E-state index >= 15 is 0 Å². The highest BCUT2D eigenvalue weighted by molar-refractivity contribution is 5.65. The van der Waals surface area contributed by atoms with Crippen molar-refractivity contribution in [1.82, 2.24) is 15.3 Å². The molecule has 0 saturated heterocycles. The molecule has 0 spiro atoms. The Morgan fingerprint density at radius 3 is 2.74 bits per heavy atom. The van der Waals surface area contributed by atoms with Crippen molar-refractivity contribution in [1.29, 1.82) is 0 Å². The predicted octanol–water partition coefficient (Wildman–Crippen LogP) is 3.62. The highest BCUT2D eigenvalue weighted by atomic mass is 19.1. The molecule has 0 radical (unpaired) electrons. The van der Waals surface area contributed by atoms with Crippen molar-refractivity contribution in [3.63, 3.8) is 0 Å². The van der Waals surface area contributed by atoms with Crippen LogP contribution < -0.4 is 15.8 Å². The summed E-state index contributed by atoms with van der Waals surface area (Å²) < 4.78 is 20.3. The van der Waals surface area contributed by atoms with Crippen molar-refractivity contribution < 1.29 is 19.0 Å². The quantitative estimate of drug-likeness (QED) is 0.681. The maximum Gasteiger partial charge on any atom is 0.405 e. The monoisotopic (exact) mass is 376 g/mol. The van der Waals surface area contributed by atoms with Crippen LogP contribution in [-0.2, 0) is 0 Å². The maximum absolute atomic E-state index is 14.6. The van der Waals surface area contributed by atoms with Gasteiger partial charge in [-0.25, -0.2) is 19.2 Å². The van der Waals surface area contributed by atoms with E-state index in [9.17, 15) is 9.18 Å². The molecule has 1 atom stereocenters. The van der Waals surface area contributed by atoms with Crippen molar-refractivity contribution in [2.45, 2.75) is 39.7 Å². The number of ether oxygens (including phenoxy) is 1. The third kappa shape index (κ3) is 5.54. The van der Waals surface area contributed by atoms with Gasteiger partial charge in [0.25, 0.3) is 0 Å². The normalized spacial score (nSPS) is 13.3. The first-order chi connectivity index (χ1) is 12.6. The molecular weight excluding hydrogens is 351 g/mol. The summed E-state index contributed by atoms with van der Waals surface area (Å²) in [7, 11) is 0. The SMILES string of the molecule is Cc1nc(-c2ccnc(N)c2)c(F)cc1OCC(C)(CC(C)C)NC(=O)O. The van der Waals surface area contributed by atoms with E-state index in [0.29, 0.717) is 17.7 Å². The Balaban J connectivity index is 2.24. The van der Waals surface area contributed by atoms with Crippen LogP contribution in [0.1, 0.15) is 32.9 Å².